The summed E-state index contributed by atoms with van der Waals surface area (Å²) in [4.78, 5) is 5.89. The predicted molar refractivity (Wildman–Crippen MR) is 46.7 cm³/mol. The van der Waals surface area contributed by atoms with Crippen molar-refractivity contribution in [1.29, 1.82) is 0 Å². The van der Waals surface area contributed by atoms with Gasteiger partial charge in [-0.1, -0.05) is 0 Å². The van der Waals surface area contributed by atoms with Crippen LogP contribution in [0.15, 0.2) is 12.7 Å². The number of aromatic amines is 1. The van der Waals surface area contributed by atoms with Crippen molar-refractivity contribution in [3.8, 4) is 0 Å². The van der Waals surface area contributed by atoms with Gasteiger partial charge in [-0.2, -0.15) is 5.10 Å². The van der Waals surface area contributed by atoms with E-state index in [-0.39, 0.29) is 0 Å². The Labute approximate surface area is 72.2 Å². The number of piperazine rings is 1. The van der Waals surface area contributed by atoms with Crippen molar-refractivity contribution in [2.24, 2.45) is 0 Å². The van der Waals surface area contributed by atoms with Crippen molar-refractivity contribution in [2.75, 3.05) is 33.2 Å². The fourth-order valence-corrected chi connectivity index (χ4v) is 0.943. The molecule has 1 aromatic rings. The molecule has 5 heteroatoms. The highest BCUT2D eigenvalue weighted by Crippen LogP contribution is 1.83. The molecule has 1 aromatic heterocycles. The Hall–Kier alpha value is -0.940. The summed E-state index contributed by atoms with van der Waals surface area (Å²) in [7, 11) is 2.15. The van der Waals surface area contributed by atoms with E-state index in [0.29, 0.717) is 0 Å². The van der Waals surface area contributed by atoms with Gasteiger partial charge in [0.1, 0.15) is 12.7 Å². The van der Waals surface area contributed by atoms with Gasteiger partial charge in [-0.15, -0.1) is 0 Å². The number of likely N-dealkylation sites (N-methyl/N-ethyl adjacent to an activating group) is 1. The molecule has 0 atom stereocenters. The lowest BCUT2D eigenvalue weighted by Crippen LogP contribution is -2.40. The van der Waals surface area contributed by atoms with E-state index in [0.717, 1.165) is 13.1 Å². The molecule has 1 aliphatic heterocycles. The lowest BCUT2D eigenvalue weighted by Gasteiger charge is -2.21. The molecule has 68 valence electrons. The summed E-state index contributed by atoms with van der Waals surface area (Å²) in [5.41, 5.74) is 0. The average Bonchev–Trinajstić information content (AvgIpc) is 2.62. The molecule has 5 nitrogen and oxygen atoms in total. The number of rotatable bonds is 0. The van der Waals surface area contributed by atoms with Crippen LogP contribution in [0.1, 0.15) is 0 Å². The molecule has 0 aromatic carbocycles. The Balaban J connectivity index is 0.000000127. The zero-order valence-electron chi connectivity index (χ0n) is 7.32. The number of aromatic nitrogens is 3. The lowest BCUT2D eigenvalue weighted by atomic mass is 10.4. The molecule has 0 amide bonds. The standard InChI is InChI=1S/C5H12N2.C2H3N3/c1-7-4-2-6-3-5-7;1-3-2-5-4-1/h6H,2-5H2,1H3;1-2H,(H,3,4,5). The Morgan fingerprint density at radius 2 is 2.08 bits per heavy atom. The van der Waals surface area contributed by atoms with Gasteiger partial charge in [-0.3, -0.25) is 5.10 Å². The molecule has 2 heterocycles. The summed E-state index contributed by atoms with van der Waals surface area (Å²) in [6.45, 7) is 4.74. The summed E-state index contributed by atoms with van der Waals surface area (Å²) in [6, 6.07) is 0. The van der Waals surface area contributed by atoms with Gasteiger partial charge in [0.25, 0.3) is 0 Å². The maximum absolute atomic E-state index is 3.56. The van der Waals surface area contributed by atoms with Gasteiger partial charge in [0.05, 0.1) is 0 Å². The number of hydrogen-bond acceptors (Lipinski definition) is 4. The van der Waals surface area contributed by atoms with E-state index in [4.69, 9.17) is 0 Å². The highest BCUT2D eigenvalue weighted by molar-refractivity contribution is 4.62. The van der Waals surface area contributed by atoms with Gasteiger partial charge in [-0.25, -0.2) is 4.98 Å². The van der Waals surface area contributed by atoms with Gasteiger partial charge in [0, 0.05) is 26.2 Å². The van der Waals surface area contributed by atoms with E-state index in [9.17, 15) is 0 Å². The van der Waals surface area contributed by atoms with Crippen LogP contribution in [0.2, 0.25) is 0 Å². The Kier molecular flexibility index (Phi) is 4.33. The third-order valence-electron chi connectivity index (χ3n) is 1.67. The SMILES string of the molecule is CN1CCNCC1.c1nc[nH]n1. The number of nitrogens with zero attached hydrogens (tertiary/aromatic N) is 3. The van der Waals surface area contributed by atoms with Crippen LogP contribution in [0.4, 0.5) is 0 Å². The normalized spacial score (nSPS) is 18.1. The molecular formula is C7H15N5. The summed E-state index contributed by atoms with van der Waals surface area (Å²) in [5.74, 6) is 0. The minimum absolute atomic E-state index is 1.16. The van der Waals surface area contributed by atoms with E-state index >= 15 is 0 Å². The van der Waals surface area contributed by atoms with E-state index in [1.165, 1.54) is 25.7 Å². The van der Waals surface area contributed by atoms with Gasteiger partial charge in [-0.05, 0) is 7.05 Å². The number of H-pyrrole nitrogens is 1. The van der Waals surface area contributed by atoms with E-state index in [1.54, 1.807) is 0 Å². The van der Waals surface area contributed by atoms with Crippen LogP contribution in [-0.2, 0) is 0 Å². The van der Waals surface area contributed by atoms with Crippen molar-refractivity contribution in [3.63, 3.8) is 0 Å². The highest BCUT2D eigenvalue weighted by Gasteiger charge is 2.01. The fraction of sp³-hybridized carbons (Fsp3) is 0.714. The summed E-state index contributed by atoms with van der Waals surface area (Å²) < 4.78 is 0. The molecule has 1 aliphatic rings. The first-order valence-electron chi connectivity index (χ1n) is 4.07. The van der Waals surface area contributed by atoms with Crippen LogP contribution in [0, 0.1) is 0 Å². The van der Waals surface area contributed by atoms with Crippen LogP contribution in [-0.4, -0.2) is 53.3 Å². The highest BCUT2D eigenvalue weighted by atomic mass is 15.2. The maximum atomic E-state index is 3.56. The molecule has 1 saturated heterocycles. The Bertz CT molecular complexity index is 151. The second-order valence-corrected chi connectivity index (χ2v) is 2.71. The molecule has 2 rings (SSSR count). The number of nitrogens with one attached hydrogen (secondary N) is 2. The topological polar surface area (TPSA) is 56.8 Å². The number of hydrogen-bond donors (Lipinski definition) is 2. The fourth-order valence-electron chi connectivity index (χ4n) is 0.943. The molecule has 1 fully saturated rings. The molecule has 0 saturated carbocycles. The maximum Gasteiger partial charge on any atom is 0.137 e. The van der Waals surface area contributed by atoms with Crippen LogP contribution in [0.5, 0.6) is 0 Å². The second kappa shape index (κ2) is 5.68. The van der Waals surface area contributed by atoms with Gasteiger partial charge >= 0.3 is 0 Å². The van der Waals surface area contributed by atoms with Crippen molar-refractivity contribution in [3.05, 3.63) is 12.7 Å². The quantitative estimate of drug-likeness (QED) is 0.540. The predicted octanol–water partition coefficient (Wildman–Crippen LogP) is -0.674. The van der Waals surface area contributed by atoms with Crippen molar-refractivity contribution < 1.29 is 0 Å². The van der Waals surface area contributed by atoms with E-state index in [2.05, 4.69) is 32.4 Å². The molecule has 2 N–H and O–H groups in total. The first-order valence-corrected chi connectivity index (χ1v) is 4.07. The zero-order chi connectivity index (χ0) is 8.65. The van der Waals surface area contributed by atoms with Gasteiger partial charge in [0.2, 0.25) is 0 Å². The summed E-state index contributed by atoms with van der Waals surface area (Å²) in [6.07, 6.45) is 2.96. The summed E-state index contributed by atoms with van der Waals surface area (Å²) in [5, 5.41) is 9.26. The third-order valence-corrected chi connectivity index (χ3v) is 1.67. The van der Waals surface area contributed by atoms with Crippen LogP contribution in [0.3, 0.4) is 0 Å². The molecule has 0 bridgehead atoms. The second-order valence-electron chi connectivity index (χ2n) is 2.71. The van der Waals surface area contributed by atoms with Crippen LogP contribution in [0.25, 0.3) is 0 Å². The Morgan fingerprint density at radius 3 is 2.33 bits per heavy atom. The Morgan fingerprint density at radius 1 is 1.33 bits per heavy atom. The van der Waals surface area contributed by atoms with Crippen LogP contribution < -0.4 is 5.32 Å². The molecule has 0 radical (unpaired) electrons. The summed E-state index contributed by atoms with van der Waals surface area (Å²) >= 11 is 0. The monoisotopic (exact) mass is 169 g/mol. The minimum atomic E-state index is 1.16. The molecule has 0 unspecified atom stereocenters. The average molecular weight is 169 g/mol. The van der Waals surface area contributed by atoms with E-state index in [1.807, 2.05) is 0 Å². The zero-order valence-corrected chi connectivity index (χ0v) is 7.32. The van der Waals surface area contributed by atoms with Crippen LogP contribution >= 0.6 is 0 Å². The van der Waals surface area contributed by atoms with Crippen molar-refractivity contribution in [2.45, 2.75) is 0 Å². The first kappa shape index (κ1) is 9.15. The van der Waals surface area contributed by atoms with Crippen molar-refractivity contribution >= 4 is 0 Å². The molecule has 12 heavy (non-hydrogen) atoms. The van der Waals surface area contributed by atoms with Crippen molar-refractivity contribution in [1.82, 2.24) is 25.4 Å². The first-order chi connectivity index (χ1) is 5.89. The van der Waals surface area contributed by atoms with Gasteiger partial charge < -0.3 is 10.2 Å². The molecule has 0 spiro atoms. The third kappa shape index (κ3) is 4.05. The van der Waals surface area contributed by atoms with Gasteiger partial charge in [0.15, 0.2) is 0 Å². The molecular weight excluding hydrogens is 154 g/mol. The smallest absolute Gasteiger partial charge is 0.137 e. The molecule has 0 aliphatic carbocycles. The van der Waals surface area contributed by atoms with E-state index < -0.39 is 0 Å². The minimum Gasteiger partial charge on any atom is -0.314 e. The lowest BCUT2D eigenvalue weighted by molar-refractivity contribution is 0.291. The largest absolute Gasteiger partial charge is 0.314 e.